The van der Waals surface area contributed by atoms with Gasteiger partial charge in [0.1, 0.15) is 11.5 Å². The van der Waals surface area contributed by atoms with Crippen LogP contribution in [0.4, 0.5) is 5.69 Å². The third-order valence-corrected chi connectivity index (χ3v) is 6.38. The smallest absolute Gasteiger partial charge is 0.311 e. The Morgan fingerprint density at radius 3 is 2.39 bits per heavy atom. The van der Waals surface area contributed by atoms with E-state index >= 15 is 0 Å². The van der Waals surface area contributed by atoms with Gasteiger partial charge in [-0.1, -0.05) is 17.7 Å². The number of carbonyl (C=O) groups is 1. The van der Waals surface area contributed by atoms with Crippen molar-refractivity contribution in [3.63, 3.8) is 0 Å². The fourth-order valence-electron chi connectivity index (χ4n) is 3.17. The molecular weight excluding hydrogens is 414 g/mol. The lowest BCUT2D eigenvalue weighted by Gasteiger charge is -2.24. The van der Waals surface area contributed by atoms with Crippen LogP contribution in [0.3, 0.4) is 0 Å². The van der Waals surface area contributed by atoms with E-state index in [1.54, 1.807) is 27.0 Å². The van der Waals surface area contributed by atoms with Gasteiger partial charge in [-0.15, -0.1) is 0 Å². The number of hydrogen-bond acceptors (Lipinski definition) is 6. The third kappa shape index (κ3) is 5.35. The quantitative estimate of drug-likeness (QED) is 0.465. The zero-order valence-electron chi connectivity index (χ0n) is 18.1. The number of furan rings is 1. The van der Waals surface area contributed by atoms with Crippen LogP contribution in [0.2, 0.25) is 0 Å². The number of benzene rings is 2. The van der Waals surface area contributed by atoms with Crippen molar-refractivity contribution in [2.45, 2.75) is 36.6 Å². The zero-order chi connectivity index (χ0) is 22.4. The molecular formula is C24H27NO5S. The van der Waals surface area contributed by atoms with Gasteiger partial charge in [-0.2, -0.15) is 0 Å². The molecule has 3 rings (SSSR count). The Morgan fingerprint density at radius 1 is 1.10 bits per heavy atom. The van der Waals surface area contributed by atoms with E-state index in [4.69, 9.17) is 13.9 Å². The molecule has 6 nitrogen and oxygen atoms in total. The highest BCUT2D eigenvalue weighted by molar-refractivity contribution is 7.85. The number of esters is 1. The van der Waals surface area contributed by atoms with Crippen molar-refractivity contribution in [2.75, 3.05) is 19.0 Å². The highest BCUT2D eigenvalue weighted by Gasteiger charge is 2.32. The molecule has 2 aromatic carbocycles. The fraction of sp³-hybridized carbons (Fsp3) is 0.292. The van der Waals surface area contributed by atoms with Crippen molar-refractivity contribution in [1.82, 2.24) is 0 Å². The molecule has 0 radical (unpaired) electrons. The Labute approximate surface area is 185 Å². The van der Waals surface area contributed by atoms with Gasteiger partial charge in [0.2, 0.25) is 0 Å². The molecule has 0 bridgehead atoms. The molecule has 3 atom stereocenters. The van der Waals surface area contributed by atoms with Gasteiger partial charge in [-0.05, 0) is 63.2 Å². The maximum absolute atomic E-state index is 13.3. The number of hydrogen-bond donors (Lipinski definition) is 1. The lowest BCUT2D eigenvalue weighted by atomic mass is 9.99. The Kier molecular flexibility index (Phi) is 7.52. The van der Waals surface area contributed by atoms with Crippen LogP contribution in [0.25, 0.3) is 0 Å². The zero-order valence-corrected chi connectivity index (χ0v) is 18.9. The second-order valence-electron chi connectivity index (χ2n) is 7.12. The highest BCUT2D eigenvalue weighted by Crippen LogP contribution is 2.34. The van der Waals surface area contributed by atoms with Crippen LogP contribution in [0.15, 0.2) is 75.1 Å². The van der Waals surface area contributed by atoms with Crippen molar-refractivity contribution in [1.29, 1.82) is 0 Å². The van der Waals surface area contributed by atoms with Gasteiger partial charge in [-0.3, -0.25) is 4.79 Å². The van der Waals surface area contributed by atoms with Crippen LogP contribution in [-0.4, -0.2) is 23.9 Å². The molecule has 0 fully saturated rings. The van der Waals surface area contributed by atoms with E-state index in [0.29, 0.717) is 15.6 Å². The van der Waals surface area contributed by atoms with Gasteiger partial charge >= 0.3 is 5.97 Å². The Bertz CT molecular complexity index is 1030. The van der Waals surface area contributed by atoms with Gasteiger partial charge in [-0.25, -0.2) is 4.21 Å². The monoisotopic (exact) mass is 441 g/mol. The van der Waals surface area contributed by atoms with Crippen molar-refractivity contribution in [2.24, 2.45) is 5.92 Å². The number of aryl methyl sites for hydroxylation is 1. The summed E-state index contributed by atoms with van der Waals surface area (Å²) in [7, 11) is 0.142. The molecule has 0 aliphatic carbocycles. The molecule has 0 spiro atoms. The summed E-state index contributed by atoms with van der Waals surface area (Å²) >= 11 is 0. The minimum Gasteiger partial charge on any atom is -0.497 e. The first-order valence-corrected chi connectivity index (χ1v) is 11.2. The average Bonchev–Trinajstić information content (AvgIpc) is 3.27. The van der Waals surface area contributed by atoms with Crippen LogP contribution in [0.5, 0.6) is 5.75 Å². The number of rotatable bonds is 9. The van der Waals surface area contributed by atoms with Crippen LogP contribution < -0.4 is 10.1 Å². The number of nitrogens with one attached hydrogen (secondary N) is 1. The topological polar surface area (TPSA) is 77.8 Å². The third-order valence-electron chi connectivity index (χ3n) is 4.95. The van der Waals surface area contributed by atoms with Crippen molar-refractivity contribution in [3.05, 3.63) is 72.2 Å². The predicted molar refractivity (Wildman–Crippen MR) is 120 cm³/mol. The van der Waals surface area contributed by atoms with E-state index in [2.05, 4.69) is 5.32 Å². The van der Waals surface area contributed by atoms with E-state index in [9.17, 15) is 9.00 Å². The van der Waals surface area contributed by atoms with E-state index in [0.717, 1.165) is 17.0 Å². The fourth-order valence-corrected chi connectivity index (χ4v) is 4.35. The Balaban J connectivity index is 1.97. The summed E-state index contributed by atoms with van der Waals surface area (Å²) in [4.78, 5) is 13.7. The Hall–Kier alpha value is -3.06. The molecule has 0 aliphatic heterocycles. The molecule has 1 heterocycles. The summed E-state index contributed by atoms with van der Waals surface area (Å²) in [6.45, 7) is 5.78. The minimum absolute atomic E-state index is 0.277. The molecule has 31 heavy (non-hydrogen) atoms. The first-order valence-electron chi connectivity index (χ1n) is 10.1. The van der Waals surface area contributed by atoms with Gasteiger partial charge < -0.3 is 19.2 Å². The minimum atomic E-state index is -1.46. The normalized spacial score (nSPS) is 13.8. The first kappa shape index (κ1) is 22.6. The summed E-state index contributed by atoms with van der Waals surface area (Å²) in [5, 5.41) is 3.34. The van der Waals surface area contributed by atoms with Crippen LogP contribution in [-0.2, 0) is 20.3 Å². The number of carbonyl (C=O) groups excluding carboxylic acids is 1. The van der Waals surface area contributed by atoms with E-state index in [1.807, 2.05) is 55.5 Å². The average molecular weight is 442 g/mol. The van der Waals surface area contributed by atoms with Crippen molar-refractivity contribution >= 4 is 22.5 Å². The summed E-state index contributed by atoms with van der Waals surface area (Å²) in [6, 6.07) is 16.0. The van der Waals surface area contributed by atoms with E-state index < -0.39 is 22.8 Å². The lowest BCUT2D eigenvalue weighted by molar-refractivity contribution is -0.148. The number of ether oxygens (including phenoxy) is 2. The van der Waals surface area contributed by atoms with E-state index in [1.165, 1.54) is 6.26 Å². The number of methoxy groups -OCH3 is 1. The van der Waals surface area contributed by atoms with Crippen LogP contribution >= 0.6 is 0 Å². The molecule has 164 valence electrons. The van der Waals surface area contributed by atoms with Gasteiger partial charge in [0.25, 0.3) is 0 Å². The van der Waals surface area contributed by atoms with Gasteiger partial charge in [0.05, 0.1) is 47.6 Å². The maximum Gasteiger partial charge on any atom is 0.311 e. The standard InChI is InChI=1S/C24H27NO5S/c1-5-29-24(26)17(3)22(25-18-8-10-19(28-4)11-9-18)23-21(14-15-30-23)31(27)20-12-6-16(2)7-13-20/h6-15,17,22,25H,5H2,1-4H3/t17-,22-,31?/m0/s1. The molecule has 3 aromatic rings. The molecule has 1 unspecified atom stereocenters. The second kappa shape index (κ2) is 10.3. The van der Waals surface area contributed by atoms with Gasteiger partial charge in [0, 0.05) is 10.6 Å². The first-order chi connectivity index (χ1) is 14.9. The molecule has 0 aliphatic rings. The molecule has 0 amide bonds. The largest absolute Gasteiger partial charge is 0.497 e. The molecule has 1 N–H and O–H groups in total. The van der Waals surface area contributed by atoms with Crippen LogP contribution in [0.1, 0.15) is 31.2 Å². The Morgan fingerprint density at radius 2 is 1.77 bits per heavy atom. The molecule has 0 saturated carbocycles. The number of anilines is 1. The van der Waals surface area contributed by atoms with Crippen LogP contribution in [0, 0.1) is 12.8 Å². The summed E-state index contributed by atoms with van der Waals surface area (Å²) in [5.74, 6) is 0.217. The summed E-state index contributed by atoms with van der Waals surface area (Å²) in [5.41, 5.74) is 1.86. The van der Waals surface area contributed by atoms with Crippen molar-refractivity contribution in [3.8, 4) is 5.75 Å². The molecule has 0 saturated heterocycles. The predicted octanol–water partition coefficient (Wildman–Crippen LogP) is 5.12. The summed E-state index contributed by atoms with van der Waals surface area (Å²) in [6.07, 6.45) is 1.50. The lowest BCUT2D eigenvalue weighted by Crippen LogP contribution is -2.27. The SMILES string of the molecule is CCOC(=O)[C@@H](C)[C@H](Nc1ccc(OC)cc1)c1occc1S(=O)c1ccc(C)cc1. The van der Waals surface area contributed by atoms with Gasteiger partial charge in [0.15, 0.2) is 0 Å². The summed E-state index contributed by atoms with van der Waals surface area (Å²) < 4.78 is 29.5. The molecule has 7 heteroatoms. The van der Waals surface area contributed by atoms with Crippen molar-refractivity contribution < 1.29 is 22.9 Å². The molecule has 1 aromatic heterocycles. The van der Waals surface area contributed by atoms with E-state index in [-0.39, 0.29) is 12.6 Å². The highest BCUT2D eigenvalue weighted by atomic mass is 32.2. The maximum atomic E-state index is 13.3. The second-order valence-corrected chi connectivity index (χ2v) is 8.57.